The molecule has 0 spiro atoms. The number of ether oxygens (including phenoxy) is 1. The molecule has 5 rings (SSSR count). The Labute approximate surface area is 175 Å². The van der Waals surface area contributed by atoms with E-state index < -0.39 is 17.2 Å². The van der Waals surface area contributed by atoms with Crippen LogP contribution in [0.15, 0.2) is 23.1 Å². The van der Waals surface area contributed by atoms with Crippen LogP contribution in [0.5, 0.6) is 0 Å². The standard InChI is InChI=1S/C23H28FN3O3/c1-25-6-8-26(9-7-25)10-11-30-23(29)19-14-27-20-5-3-2-4-16(20)17-12-15(24)13-18(21(17)27)22(19)28/h12-14,16,20H,2-11H2,1H3. The Hall–Kier alpha value is -2.25. The molecule has 0 bridgehead atoms. The summed E-state index contributed by atoms with van der Waals surface area (Å²) in [4.78, 5) is 30.4. The summed E-state index contributed by atoms with van der Waals surface area (Å²) in [5, 5.41) is 0.299. The van der Waals surface area contributed by atoms with E-state index in [0.717, 1.165) is 62.9 Å². The van der Waals surface area contributed by atoms with Gasteiger partial charge in [-0.05, 0) is 37.6 Å². The molecule has 7 heteroatoms. The molecule has 1 aromatic carbocycles. The van der Waals surface area contributed by atoms with Crippen molar-refractivity contribution in [3.63, 3.8) is 0 Å². The summed E-state index contributed by atoms with van der Waals surface area (Å²) in [7, 11) is 2.10. The van der Waals surface area contributed by atoms with Crippen LogP contribution in [0.25, 0.3) is 10.9 Å². The molecule has 1 aromatic heterocycles. The number of carbonyl (C=O) groups is 1. The third kappa shape index (κ3) is 3.34. The average molecular weight is 413 g/mol. The molecule has 3 heterocycles. The number of hydrogen-bond acceptors (Lipinski definition) is 5. The van der Waals surface area contributed by atoms with Crippen LogP contribution in [0.4, 0.5) is 4.39 Å². The number of likely N-dealkylation sites (N-methyl/N-ethyl adjacent to an activating group) is 1. The second kappa shape index (κ2) is 7.78. The molecule has 2 fully saturated rings. The van der Waals surface area contributed by atoms with E-state index in [0.29, 0.717) is 11.9 Å². The Balaban J connectivity index is 1.40. The van der Waals surface area contributed by atoms with Crippen molar-refractivity contribution in [2.75, 3.05) is 46.4 Å². The number of aromatic nitrogens is 1. The summed E-state index contributed by atoms with van der Waals surface area (Å²) < 4.78 is 21.9. The lowest BCUT2D eigenvalue weighted by molar-refractivity contribution is 0.0430. The molecule has 2 atom stereocenters. The lowest BCUT2D eigenvalue weighted by atomic mass is 9.82. The van der Waals surface area contributed by atoms with Gasteiger partial charge in [0, 0.05) is 56.3 Å². The van der Waals surface area contributed by atoms with E-state index in [1.165, 1.54) is 6.07 Å². The van der Waals surface area contributed by atoms with E-state index in [9.17, 15) is 14.0 Å². The van der Waals surface area contributed by atoms with E-state index in [1.54, 1.807) is 12.3 Å². The number of rotatable bonds is 4. The lowest BCUT2D eigenvalue weighted by Crippen LogP contribution is -2.45. The molecule has 160 valence electrons. The Bertz CT molecular complexity index is 1040. The van der Waals surface area contributed by atoms with Crippen LogP contribution in [0.2, 0.25) is 0 Å². The van der Waals surface area contributed by atoms with Crippen molar-refractivity contribution < 1.29 is 13.9 Å². The number of benzene rings is 1. The van der Waals surface area contributed by atoms with Crippen LogP contribution in [0.1, 0.15) is 53.6 Å². The van der Waals surface area contributed by atoms with Gasteiger partial charge in [0.15, 0.2) is 0 Å². The minimum atomic E-state index is -0.607. The Kier molecular flexibility index (Phi) is 5.11. The van der Waals surface area contributed by atoms with Gasteiger partial charge >= 0.3 is 5.97 Å². The summed E-state index contributed by atoms with van der Waals surface area (Å²) in [6, 6.07) is 3.04. The first-order valence-electron chi connectivity index (χ1n) is 11.0. The topological polar surface area (TPSA) is 54.8 Å². The van der Waals surface area contributed by atoms with E-state index in [4.69, 9.17) is 4.74 Å². The molecule has 30 heavy (non-hydrogen) atoms. The van der Waals surface area contributed by atoms with Crippen molar-refractivity contribution in [1.29, 1.82) is 0 Å². The molecule has 2 unspecified atom stereocenters. The second-order valence-corrected chi connectivity index (χ2v) is 8.91. The molecule has 1 saturated heterocycles. The molecule has 1 aliphatic carbocycles. The molecular weight excluding hydrogens is 385 g/mol. The maximum atomic E-state index is 14.3. The molecule has 2 aliphatic heterocycles. The third-order valence-corrected chi connectivity index (χ3v) is 7.06. The number of fused-ring (bicyclic) bond motifs is 3. The van der Waals surface area contributed by atoms with Crippen molar-refractivity contribution in [2.45, 2.75) is 37.6 Å². The van der Waals surface area contributed by atoms with E-state index >= 15 is 0 Å². The average Bonchev–Trinajstić information content (AvgIpc) is 3.06. The van der Waals surface area contributed by atoms with Gasteiger partial charge in [0.2, 0.25) is 5.43 Å². The molecule has 0 amide bonds. The van der Waals surface area contributed by atoms with Crippen LogP contribution in [-0.4, -0.2) is 66.7 Å². The molecular formula is C23H28FN3O3. The van der Waals surface area contributed by atoms with Gasteiger partial charge in [-0.2, -0.15) is 0 Å². The third-order valence-electron chi connectivity index (χ3n) is 7.06. The van der Waals surface area contributed by atoms with E-state index in [1.807, 2.05) is 4.57 Å². The number of carbonyl (C=O) groups excluding carboxylic acids is 1. The molecule has 2 aromatic rings. The second-order valence-electron chi connectivity index (χ2n) is 8.91. The summed E-state index contributed by atoms with van der Waals surface area (Å²) in [6.45, 7) is 4.80. The zero-order valence-corrected chi connectivity index (χ0v) is 17.4. The SMILES string of the molecule is CN1CCN(CCOC(=O)c2cn3c4c(cc(F)cc4c2=O)C2CCCCC23)CC1. The first-order chi connectivity index (χ1) is 14.5. The smallest absolute Gasteiger partial charge is 0.343 e. The Morgan fingerprint density at radius 3 is 2.73 bits per heavy atom. The van der Waals surface area contributed by atoms with Gasteiger partial charge in [-0.15, -0.1) is 0 Å². The maximum Gasteiger partial charge on any atom is 0.343 e. The normalized spacial score (nSPS) is 24.2. The predicted molar refractivity (Wildman–Crippen MR) is 113 cm³/mol. The van der Waals surface area contributed by atoms with Crippen molar-refractivity contribution in [3.8, 4) is 0 Å². The van der Waals surface area contributed by atoms with Crippen LogP contribution >= 0.6 is 0 Å². The van der Waals surface area contributed by atoms with Gasteiger partial charge in [-0.25, -0.2) is 9.18 Å². The number of pyridine rings is 1. The van der Waals surface area contributed by atoms with Crippen molar-refractivity contribution in [1.82, 2.24) is 14.4 Å². The van der Waals surface area contributed by atoms with E-state index in [-0.39, 0.29) is 24.1 Å². The van der Waals surface area contributed by atoms with Gasteiger partial charge in [0.1, 0.15) is 18.0 Å². The fourth-order valence-corrected chi connectivity index (χ4v) is 5.40. The molecule has 0 radical (unpaired) electrons. The van der Waals surface area contributed by atoms with Crippen molar-refractivity contribution >= 4 is 16.9 Å². The summed E-state index contributed by atoms with van der Waals surface area (Å²) in [5.41, 5.74) is 1.31. The highest BCUT2D eigenvalue weighted by Gasteiger charge is 2.37. The Morgan fingerprint density at radius 2 is 1.93 bits per heavy atom. The zero-order chi connectivity index (χ0) is 20.8. The number of halogens is 1. The summed E-state index contributed by atoms with van der Waals surface area (Å²) in [5.74, 6) is -0.794. The van der Waals surface area contributed by atoms with Crippen molar-refractivity contribution in [2.24, 2.45) is 0 Å². The van der Waals surface area contributed by atoms with E-state index in [2.05, 4.69) is 16.8 Å². The first kappa shape index (κ1) is 19.7. The molecule has 6 nitrogen and oxygen atoms in total. The van der Waals surface area contributed by atoms with Gasteiger partial charge in [-0.3, -0.25) is 9.69 Å². The monoisotopic (exact) mass is 413 g/mol. The van der Waals surface area contributed by atoms with Gasteiger partial charge in [0.25, 0.3) is 0 Å². The highest BCUT2D eigenvalue weighted by atomic mass is 19.1. The van der Waals surface area contributed by atoms with Gasteiger partial charge in [0.05, 0.1) is 5.52 Å². The lowest BCUT2D eigenvalue weighted by Gasteiger charge is -2.32. The fraction of sp³-hybridized carbons (Fsp3) is 0.565. The summed E-state index contributed by atoms with van der Waals surface area (Å²) in [6.07, 6.45) is 5.86. The van der Waals surface area contributed by atoms with Gasteiger partial charge < -0.3 is 14.2 Å². The number of esters is 1. The predicted octanol–water partition coefficient (Wildman–Crippen LogP) is 2.76. The maximum absolute atomic E-state index is 14.3. The molecule has 1 saturated carbocycles. The minimum Gasteiger partial charge on any atom is -0.461 e. The largest absolute Gasteiger partial charge is 0.461 e. The van der Waals surface area contributed by atoms with Crippen LogP contribution in [0.3, 0.4) is 0 Å². The van der Waals surface area contributed by atoms with Gasteiger partial charge in [-0.1, -0.05) is 12.8 Å². The summed E-state index contributed by atoms with van der Waals surface area (Å²) >= 11 is 0. The highest BCUT2D eigenvalue weighted by molar-refractivity contribution is 5.95. The van der Waals surface area contributed by atoms with Crippen molar-refractivity contribution in [3.05, 3.63) is 45.5 Å². The first-order valence-corrected chi connectivity index (χ1v) is 11.0. The molecule has 0 N–H and O–H groups in total. The van der Waals surface area contributed by atoms with Crippen LogP contribution in [0, 0.1) is 5.82 Å². The number of hydrogen-bond donors (Lipinski definition) is 0. The molecule has 3 aliphatic rings. The quantitative estimate of drug-likeness (QED) is 0.722. The number of nitrogens with zero attached hydrogens (tertiary/aromatic N) is 3. The van der Waals surface area contributed by atoms with Crippen LogP contribution in [-0.2, 0) is 4.74 Å². The Morgan fingerprint density at radius 1 is 1.17 bits per heavy atom. The minimum absolute atomic E-state index is 0.0173. The zero-order valence-electron chi connectivity index (χ0n) is 17.4. The van der Waals surface area contributed by atoms with Crippen LogP contribution < -0.4 is 5.43 Å². The fourth-order valence-electron chi connectivity index (χ4n) is 5.40. The highest BCUT2D eigenvalue weighted by Crippen LogP contribution is 2.49. The number of piperazine rings is 1.